The van der Waals surface area contributed by atoms with E-state index in [9.17, 15) is 5.11 Å². The molecular weight excluding hydrogens is 252 g/mol. The van der Waals surface area contributed by atoms with Gasteiger partial charge in [-0.15, -0.1) is 0 Å². The number of halogens is 1. The van der Waals surface area contributed by atoms with E-state index in [0.29, 0.717) is 18.1 Å². The molecule has 0 aromatic carbocycles. The average Bonchev–Trinajstić information content (AvgIpc) is 2.57. The van der Waals surface area contributed by atoms with Crippen LogP contribution in [0.1, 0.15) is 38.5 Å². The van der Waals surface area contributed by atoms with Crippen molar-refractivity contribution in [3.63, 3.8) is 0 Å². The van der Waals surface area contributed by atoms with Crippen molar-refractivity contribution in [2.75, 3.05) is 17.6 Å². The van der Waals surface area contributed by atoms with Gasteiger partial charge in [0, 0.05) is 6.54 Å². The summed E-state index contributed by atoms with van der Waals surface area (Å²) in [5.74, 6) is 0.493. The molecule has 1 aliphatic rings. The van der Waals surface area contributed by atoms with Crippen molar-refractivity contribution < 1.29 is 5.11 Å². The van der Waals surface area contributed by atoms with Crippen LogP contribution in [-0.2, 0) is 0 Å². The lowest BCUT2D eigenvalue weighted by atomic mass is 9.94. The van der Waals surface area contributed by atoms with Crippen molar-refractivity contribution in [2.24, 2.45) is 0 Å². The number of aromatic nitrogens is 2. The molecule has 6 heteroatoms. The Hall–Kier alpha value is -1.07. The third-order valence-corrected chi connectivity index (χ3v) is 3.76. The second kappa shape index (κ2) is 5.71. The van der Waals surface area contributed by atoms with Crippen molar-refractivity contribution in [1.82, 2.24) is 9.97 Å². The van der Waals surface area contributed by atoms with Crippen LogP contribution in [0, 0.1) is 0 Å². The molecule has 1 saturated carbocycles. The maximum absolute atomic E-state index is 10.5. The van der Waals surface area contributed by atoms with Gasteiger partial charge >= 0.3 is 0 Å². The number of nitrogens with one attached hydrogen (secondary N) is 1. The first-order valence-electron chi connectivity index (χ1n) is 6.33. The summed E-state index contributed by atoms with van der Waals surface area (Å²) in [6.45, 7) is 0.449. The van der Waals surface area contributed by atoms with E-state index in [-0.39, 0.29) is 5.15 Å². The number of aliphatic hydroxyl groups is 1. The molecule has 18 heavy (non-hydrogen) atoms. The lowest BCUT2D eigenvalue weighted by Gasteiger charge is -2.27. The third kappa shape index (κ3) is 3.23. The van der Waals surface area contributed by atoms with Crippen molar-refractivity contribution >= 4 is 23.1 Å². The molecule has 1 heterocycles. The Morgan fingerprint density at radius 2 is 1.94 bits per heavy atom. The predicted molar refractivity (Wildman–Crippen MR) is 72.6 cm³/mol. The molecule has 1 aromatic rings. The zero-order valence-electron chi connectivity index (χ0n) is 10.3. The van der Waals surface area contributed by atoms with E-state index in [1.54, 1.807) is 0 Å². The minimum atomic E-state index is -0.666. The Balaban J connectivity index is 1.99. The van der Waals surface area contributed by atoms with Gasteiger partial charge in [0.25, 0.3) is 0 Å². The monoisotopic (exact) mass is 270 g/mol. The maximum Gasteiger partial charge on any atom is 0.157 e. The number of hydrogen-bond donors (Lipinski definition) is 3. The number of rotatable bonds is 3. The fourth-order valence-corrected chi connectivity index (χ4v) is 2.46. The number of nitrogens with zero attached hydrogens (tertiary/aromatic N) is 2. The number of anilines is 2. The lowest BCUT2D eigenvalue weighted by molar-refractivity contribution is 0.0380. The van der Waals surface area contributed by atoms with Crippen LogP contribution in [0.3, 0.4) is 0 Å². The van der Waals surface area contributed by atoms with Crippen molar-refractivity contribution in [3.05, 3.63) is 11.5 Å². The zero-order valence-corrected chi connectivity index (χ0v) is 11.1. The first kappa shape index (κ1) is 13.4. The highest BCUT2D eigenvalue weighted by Gasteiger charge is 2.28. The molecule has 0 unspecified atom stereocenters. The molecule has 1 fully saturated rings. The maximum atomic E-state index is 10.5. The summed E-state index contributed by atoms with van der Waals surface area (Å²) < 4.78 is 0. The van der Waals surface area contributed by atoms with Gasteiger partial charge in [-0.25, -0.2) is 9.97 Å². The minimum absolute atomic E-state index is 0.236. The summed E-state index contributed by atoms with van der Waals surface area (Å²) in [6, 6.07) is 0. The second-order valence-electron chi connectivity index (χ2n) is 4.92. The van der Waals surface area contributed by atoms with E-state index >= 15 is 0 Å². The van der Waals surface area contributed by atoms with E-state index in [1.807, 2.05) is 0 Å². The molecule has 0 amide bonds. The molecule has 0 saturated heterocycles. The Bertz CT molecular complexity index is 405. The first-order chi connectivity index (χ1) is 8.61. The molecule has 100 valence electrons. The quantitative estimate of drug-likeness (QED) is 0.579. The summed E-state index contributed by atoms with van der Waals surface area (Å²) in [5, 5.41) is 13.8. The predicted octanol–water partition coefficient (Wildman–Crippen LogP) is 2.21. The second-order valence-corrected chi connectivity index (χ2v) is 5.28. The molecule has 1 aromatic heterocycles. The highest BCUT2D eigenvalue weighted by atomic mass is 35.5. The van der Waals surface area contributed by atoms with Crippen molar-refractivity contribution in [1.29, 1.82) is 0 Å². The van der Waals surface area contributed by atoms with Crippen LogP contribution in [-0.4, -0.2) is 27.2 Å². The fraction of sp³-hybridized carbons (Fsp3) is 0.667. The topological polar surface area (TPSA) is 84.1 Å². The van der Waals surface area contributed by atoms with E-state index in [0.717, 1.165) is 25.7 Å². The summed E-state index contributed by atoms with van der Waals surface area (Å²) in [6.07, 6.45) is 7.53. The molecule has 0 aliphatic heterocycles. The molecule has 0 bridgehead atoms. The third-order valence-electron chi connectivity index (χ3n) is 3.45. The first-order valence-corrected chi connectivity index (χ1v) is 6.71. The Kier molecular flexibility index (Phi) is 4.24. The van der Waals surface area contributed by atoms with Crippen LogP contribution in [0.5, 0.6) is 0 Å². The smallest absolute Gasteiger partial charge is 0.157 e. The molecule has 0 spiro atoms. The van der Waals surface area contributed by atoms with Crippen LogP contribution in [0.25, 0.3) is 0 Å². The van der Waals surface area contributed by atoms with Gasteiger partial charge in [0.1, 0.15) is 12.0 Å². The summed E-state index contributed by atoms with van der Waals surface area (Å²) in [4.78, 5) is 7.83. The van der Waals surface area contributed by atoms with Gasteiger partial charge in [-0.2, -0.15) is 0 Å². The van der Waals surface area contributed by atoms with Gasteiger partial charge in [0.15, 0.2) is 11.0 Å². The van der Waals surface area contributed by atoms with Gasteiger partial charge in [-0.05, 0) is 12.8 Å². The number of nitrogen functional groups attached to an aromatic ring is 1. The Morgan fingerprint density at radius 3 is 2.61 bits per heavy atom. The Labute approximate surface area is 112 Å². The van der Waals surface area contributed by atoms with E-state index in [4.69, 9.17) is 17.3 Å². The fourth-order valence-electron chi connectivity index (χ4n) is 2.33. The molecular formula is C12H19ClN4O. The molecule has 1 aliphatic carbocycles. The standard InChI is InChI=1S/C12H19ClN4O/c13-10-9(14)11(17-8-16-10)15-7-12(18)5-3-1-2-4-6-12/h8,18H,1-7,14H2,(H,15,16,17). The van der Waals surface area contributed by atoms with Gasteiger partial charge in [-0.3, -0.25) is 0 Å². The zero-order chi connectivity index (χ0) is 13.0. The highest BCUT2D eigenvalue weighted by molar-refractivity contribution is 6.32. The highest BCUT2D eigenvalue weighted by Crippen LogP contribution is 2.28. The van der Waals surface area contributed by atoms with Crippen molar-refractivity contribution in [3.8, 4) is 0 Å². The lowest BCUT2D eigenvalue weighted by Crippen LogP contribution is -2.36. The van der Waals surface area contributed by atoms with Crippen LogP contribution >= 0.6 is 11.6 Å². The van der Waals surface area contributed by atoms with Crippen molar-refractivity contribution in [2.45, 2.75) is 44.1 Å². The summed E-state index contributed by atoms with van der Waals surface area (Å²) >= 11 is 5.82. The normalized spacial score (nSPS) is 19.2. The minimum Gasteiger partial charge on any atom is -0.393 e. The summed E-state index contributed by atoms with van der Waals surface area (Å²) in [5.41, 5.74) is 5.43. The van der Waals surface area contributed by atoms with Gasteiger partial charge in [0.05, 0.1) is 5.60 Å². The van der Waals surface area contributed by atoms with Crippen LogP contribution in [0.2, 0.25) is 5.15 Å². The Morgan fingerprint density at radius 1 is 1.28 bits per heavy atom. The van der Waals surface area contributed by atoms with Crippen LogP contribution in [0.4, 0.5) is 11.5 Å². The molecule has 5 nitrogen and oxygen atoms in total. The van der Waals surface area contributed by atoms with Crippen LogP contribution in [0.15, 0.2) is 6.33 Å². The van der Waals surface area contributed by atoms with Gasteiger partial charge in [-0.1, -0.05) is 37.3 Å². The SMILES string of the molecule is Nc1c(Cl)ncnc1NCC1(O)CCCCCC1. The molecule has 0 radical (unpaired) electrons. The van der Waals surface area contributed by atoms with Gasteiger partial charge in [0.2, 0.25) is 0 Å². The molecule has 0 atom stereocenters. The van der Waals surface area contributed by atoms with E-state index in [2.05, 4.69) is 15.3 Å². The number of hydrogen-bond acceptors (Lipinski definition) is 5. The van der Waals surface area contributed by atoms with Gasteiger partial charge < -0.3 is 16.2 Å². The molecule has 4 N–H and O–H groups in total. The molecule has 2 rings (SSSR count). The average molecular weight is 271 g/mol. The van der Waals surface area contributed by atoms with E-state index < -0.39 is 5.60 Å². The summed E-state index contributed by atoms with van der Waals surface area (Å²) in [7, 11) is 0. The largest absolute Gasteiger partial charge is 0.393 e. The number of nitrogens with two attached hydrogens (primary N) is 1. The van der Waals surface area contributed by atoms with E-state index in [1.165, 1.54) is 19.2 Å². The van der Waals surface area contributed by atoms with Crippen LogP contribution < -0.4 is 11.1 Å².